The molecule has 0 aliphatic heterocycles. The molecule has 2 aromatic heterocycles. The number of ether oxygens (including phenoxy) is 1. The molecule has 0 aliphatic carbocycles. The topological polar surface area (TPSA) is 126 Å². The lowest BCUT2D eigenvalue weighted by molar-refractivity contribution is 0.101. The van der Waals surface area contributed by atoms with Gasteiger partial charge in [-0.15, -0.1) is 5.10 Å². The van der Waals surface area contributed by atoms with E-state index in [2.05, 4.69) is 20.5 Å². The normalized spacial score (nSPS) is 11.7. The van der Waals surface area contributed by atoms with E-state index in [1.54, 1.807) is 13.8 Å². The second-order valence-electron chi connectivity index (χ2n) is 7.02. The zero-order chi connectivity index (χ0) is 23.5. The first-order chi connectivity index (χ1) is 15.1. The molecule has 9 nitrogen and oxygen atoms in total. The highest BCUT2D eigenvalue weighted by Gasteiger charge is 2.23. The summed E-state index contributed by atoms with van der Waals surface area (Å²) in [6.07, 6.45) is 0.772. The summed E-state index contributed by atoms with van der Waals surface area (Å²) in [6, 6.07) is 3.04. The molecule has 3 rings (SSSR count). The third-order valence-electron chi connectivity index (χ3n) is 4.12. The monoisotopic (exact) mass is 471 g/mol. The van der Waals surface area contributed by atoms with Crippen molar-refractivity contribution in [1.82, 2.24) is 15.2 Å². The molecule has 1 aromatic carbocycles. The molecule has 0 saturated heterocycles. The van der Waals surface area contributed by atoms with Crippen LogP contribution in [0, 0.1) is 11.6 Å². The highest BCUT2D eigenvalue weighted by atomic mass is 32.2. The predicted molar refractivity (Wildman–Crippen MR) is 112 cm³/mol. The van der Waals surface area contributed by atoms with Gasteiger partial charge < -0.3 is 10.1 Å². The number of anilines is 2. The van der Waals surface area contributed by atoms with E-state index < -0.39 is 51.2 Å². The van der Waals surface area contributed by atoms with E-state index in [1.165, 1.54) is 12.3 Å². The average Bonchev–Trinajstić information content (AvgIpc) is 3.10. The summed E-state index contributed by atoms with van der Waals surface area (Å²) in [4.78, 5) is 16.7. The van der Waals surface area contributed by atoms with Gasteiger partial charge in [0, 0.05) is 0 Å². The van der Waals surface area contributed by atoms with Crippen LogP contribution in [0.3, 0.4) is 0 Å². The van der Waals surface area contributed by atoms with E-state index in [9.17, 15) is 26.4 Å². The summed E-state index contributed by atoms with van der Waals surface area (Å²) >= 11 is 0. The molecule has 1 amide bonds. The Hall–Kier alpha value is -3.35. The lowest BCUT2D eigenvalue weighted by Gasteiger charge is -2.12. The van der Waals surface area contributed by atoms with Crippen LogP contribution < -0.4 is 14.8 Å². The van der Waals surface area contributed by atoms with Crippen molar-refractivity contribution in [1.29, 1.82) is 0 Å². The van der Waals surface area contributed by atoms with Crippen LogP contribution in [0.15, 0.2) is 24.4 Å². The number of nitrogens with one attached hydrogen (secondary N) is 3. The maximum absolute atomic E-state index is 14.8. The van der Waals surface area contributed by atoms with Gasteiger partial charge in [0.1, 0.15) is 11.4 Å². The number of halogens is 3. The average molecular weight is 471 g/mol. The molecule has 32 heavy (non-hydrogen) atoms. The Kier molecular flexibility index (Phi) is 6.87. The molecule has 0 atom stereocenters. The van der Waals surface area contributed by atoms with Crippen LogP contribution in [0.25, 0.3) is 11.0 Å². The quantitative estimate of drug-likeness (QED) is 0.439. The number of sulfonamides is 1. The van der Waals surface area contributed by atoms with Crippen molar-refractivity contribution < 1.29 is 31.1 Å². The molecule has 0 bridgehead atoms. The number of benzene rings is 1. The Morgan fingerprint density at radius 1 is 1.28 bits per heavy atom. The van der Waals surface area contributed by atoms with Gasteiger partial charge in [-0.3, -0.25) is 19.0 Å². The Bertz CT molecular complexity index is 1250. The number of aromatic nitrogens is 3. The number of H-pyrrole nitrogens is 1. The van der Waals surface area contributed by atoms with E-state index in [-0.39, 0.29) is 24.1 Å². The van der Waals surface area contributed by atoms with Crippen LogP contribution in [0.5, 0.6) is 5.88 Å². The minimum absolute atomic E-state index is 0.102. The number of pyridine rings is 1. The lowest BCUT2D eigenvalue weighted by atomic mass is 10.1. The third-order valence-corrected chi connectivity index (χ3v) is 5.47. The van der Waals surface area contributed by atoms with Crippen LogP contribution in [0.1, 0.15) is 30.6 Å². The fourth-order valence-electron chi connectivity index (χ4n) is 2.76. The van der Waals surface area contributed by atoms with Crippen molar-refractivity contribution >= 4 is 38.3 Å². The van der Waals surface area contributed by atoms with Crippen LogP contribution in [-0.4, -0.2) is 48.0 Å². The summed E-state index contributed by atoms with van der Waals surface area (Å²) in [6.45, 7) is 2.72. The number of alkyl halides is 1. The van der Waals surface area contributed by atoms with Crippen LogP contribution >= 0.6 is 0 Å². The zero-order valence-corrected chi connectivity index (χ0v) is 17.9. The maximum Gasteiger partial charge on any atom is 0.261 e. The predicted octanol–water partition coefficient (Wildman–Crippen LogP) is 3.38. The van der Waals surface area contributed by atoms with E-state index in [0.717, 1.165) is 12.1 Å². The van der Waals surface area contributed by atoms with Crippen molar-refractivity contribution in [3.63, 3.8) is 0 Å². The Labute approximate surface area is 181 Å². The summed E-state index contributed by atoms with van der Waals surface area (Å²) in [5.41, 5.74) is -1.15. The molecule has 0 saturated carbocycles. The SMILES string of the molecule is CC(C)Oc1n[nH]c2ncc(NC(=O)c3c(F)ccc(NS(=O)(=O)CCCF)c3F)cc12. The van der Waals surface area contributed by atoms with Gasteiger partial charge in [-0.25, -0.2) is 22.2 Å². The van der Waals surface area contributed by atoms with Crippen LogP contribution in [-0.2, 0) is 10.0 Å². The molecule has 0 fully saturated rings. The summed E-state index contributed by atoms with van der Waals surface area (Å²) < 4.78 is 72.5. The molecule has 0 aliphatic rings. The van der Waals surface area contributed by atoms with Gasteiger partial charge in [0.25, 0.3) is 5.91 Å². The van der Waals surface area contributed by atoms with E-state index >= 15 is 0 Å². The standard InChI is InChI=1S/C19H20F3N5O4S/c1-10(2)31-19-12-8-11(9-23-17(12)25-26-19)24-18(28)15-13(21)4-5-14(16(15)22)27-32(29,30)7-3-6-20/h4-5,8-10,27H,3,6-7H2,1-2H3,(H,24,28)(H,23,25,26). The molecule has 2 heterocycles. The highest BCUT2D eigenvalue weighted by molar-refractivity contribution is 7.92. The second-order valence-corrected chi connectivity index (χ2v) is 8.86. The van der Waals surface area contributed by atoms with Crippen molar-refractivity contribution in [2.24, 2.45) is 0 Å². The number of carbonyl (C=O) groups excluding carboxylic acids is 1. The molecule has 0 radical (unpaired) electrons. The number of hydrogen-bond donors (Lipinski definition) is 3. The first kappa shape index (κ1) is 23.3. The minimum Gasteiger partial charge on any atom is -0.473 e. The molecule has 13 heteroatoms. The summed E-state index contributed by atoms with van der Waals surface area (Å²) in [7, 11) is -4.08. The van der Waals surface area contributed by atoms with Crippen LogP contribution in [0.4, 0.5) is 24.5 Å². The number of amides is 1. The maximum atomic E-state index is 14.8. The lowest BCUT2D eigenvalue weighted by Crippen LogP contribution is -2.21. The Morgan fingerprint density at radius 3 is 2.72 bits per heavy atom. The zero-order valence-electron chi connectivity index (χ0n) is 17.1. The first-order valence-electron chi connectivity index (χ1n) is 9.48. The van der Waals surface area contributed by atoms with Gasteiger partial charge in [0.15, 0.2) is 11.5 Å². The summed E-state index contributed by atoms with van der Waals surface area (Å²) in [5, 5.41) is 9.40. The first-order valence-corrected chi connectivity index (χ1v) is 11.1. The van der Waals surface area contributed by atoms with E-state index in [4.69, 9.17) is 4.74 Å². The fraction of sp³-hybridized carbons (Fsp3) is 0.316. The number of nitrogens with zero attached hydrogens (tertiary/aromatic N) is 2. The van der Waals surface area contributed by atoms with Crippen molar-refractivity contribution in [2.75, 3.05) is 22.5 Å². The van der Waals surface area contributed by atoms with E-state index in [0.29, 0.717) is 11.0 Å². The van der Waals surface area contributed by atoms with Crippen LogP contribution in [0.2, 0.25) is 0 Å². The molecule has 172 valence electrons. The molecular weight excluding hydrogens is 451 g/mol. The molecular formula is C19H20F3N5O4S. The Morgan fingerprint density at radius 2 is 2.03 bits per heavy atom. The van der Waals surface area contributed by atoms with E-state index in [1.807, 2.05) is 4.72 Å². The largest absolute Gasteiger partial charge is 0.473 e. The van der Waals surface area contributed by atoms with Gasteiger partial charge in [-0.05, 0) is 38.5 Å². The highest BCUT2D eigenvalue weighted by Crippen LogP contribution is 2.27. The number of hydrogen-bond acceptors (Lipinski definition) is 6. The number of rotatable bonds is 9. The number of fused-ring (bicyclic) bond motifs is 1. The van der Waals surface area contributed by atoms with Gasteiger partial charge in [0.05, 0.1) is 41.5 Å². The van der Waals surface area contributed by atoms with Crippen molar-refractivity contribution in [3.8, 4) is 5.88 Å². The van der Waals surface area contributed by atoms with Gasteiger partial charge in [-0.2, -0.15) is 0 Å². The third kappa shape index (κ3) is 5.28. The fourth-order valence-corrected chi connectivity index (χ4v) is 3.84. The van der Waals surface area contributed by atoms with Gasteiger partial charge in [-0.1, -0.05) is 0 Å². The number of carbonyl (C=O) groups is 1. The molecule has 3 N–H and O–H groups in total. The van der Waals surface area contributed by atoms with Crippen molar-refractivity contribution in [2.45, 2.75) is 26.4 Å². The van der Waals surface area contributed by atoms with Gasteiger partial charge >= 0.3 is 0 Å². The van der Waals surface area contributed by atoms with Gasteiger partial charge in [0.2, 0.25) is 15.9 Å². The summed E-state index contributed by atoms with van der Waals surface area (Å²) in [5.74, 6) is -4.14. The smallest absolute Gasteiger partial charge is 0.261 e. The molecule has 0 spiro atoms. The Balaban J connectivity index is 1.88. The molecule has 0 unspecified atom stereocenters. The van der Waals surface area contributed by atoms with Crippen molar-refractivity contribution in [3.05, 3.63) is 41.6 Å². The minimum atomic E-state index is -4.08. The second kappa shape index (κ2) is 9.42. The number of aromatic amines is 1. The molecule has 3 aromatic rings.